The largest absolute Gasteiger partial charge is 0.468 e. The molecule has 4 nitrogen and oxygen atoms in total. The van der Waals surface area contributed by atoms with Crippen LogP contribution in [0.3, 0.4) is 0 Å². The van der Waals surface area contributed by atoms with E-state index in [1.165, 1.54) is 7.11 Å². The molecule has 0 bridgehead atoms. The number of rotatable bonds is 4. The molecule has 14 heavy (non-hydrogen) atoms. The number of carbonyl (C=O) groups excluding carboxylic acids is 2. The first-order chi connectivity index (χ1) is 6.62. The van der Waals surface area contributed by atoms with Crippen LogP contribution in [-0.2, 0) is 14.3 Å². The Morgan fingerprint density at radius 3 is 2.07 bits per heavy atom. The molecular weight excluding hydrogens is 182 g/mol. The molecule has 1 aliphatic carbocycles. The second-order valence-corrected chi connectivity index (χ2v) is 3.55. The molecule has 0 saturated heterocycles. The number of nitrogens with zero attached hydrogens (tertiary/aromatic N) is 1. The zero-order valence-corrected chi connectivity index (χ0v) is 9.00. The molecule has 0 heterocycles. The van der Waals surface area contributed by atoms with Crippen LogP contribution in [0.2, 0.25) is 0 Å². The van der Waals surface area contributed by atoms with Gasteiger partial charge in [0.15, 0.2) is 0 Å². The van der Waals surface area contributed by atoms with Crippen molar-refractivity contribution in [3.05, 3.63) is 0 Å². The van der Waals surface area contributed by atoms with Gasteiger partial charge in [-0.3, -0.25) is 9.59 Å². The molecule has 1 amide bonds. The number of ether oxygens (including phenoxy) is 1. The van der Waals surface area contributed by atoms with Crippen LogP contribution >= 0.6 is 0 Å². The monoisotopic (exact) mass is 199 g/mol. The molecular formula is C10H17NO3. The summed E-state index contributed by atoms with van der Waals surface area (Å²) in [6.45, 7) is 5.12. The second kappa shape index (κ2) is 3.98. The van der Waals surface area contributed by atoms with Crippen LogP contribution in [0.25, 0.3) is 0 Å². The van der Waals surface area contributed by atoms with Crippen LogP contribution in [0.15, 0.2) is 0 Å². The summed E-state index contributed by atoms with van der Waals surface area (Å²) in [6.07, 6.45) is 1.27. The van der Waals surface area contributed by atoms with Crippen molar-refractivity contribution in [1.29, 1.82) is 0 Å². The van der Waals surface area contributed by atoms with Crippen LogP contribution in [0.5, 0.6) is 0 Å². The Morgan fingerprint density at radius 2 is 1.79 bits per heavy atom. The minimum absolute atomic E-state index is 0.0747. The number of hydrogen-bond acceptors (Lipinski definition) is 3. The molecule has 0 unspecified atom stereocenters. The van der Waals surface area contributed by atoms with Gasteiger partial charge < -0.3 is 9.64 Å². The molecule has 1 saturated carbocycles. The van der Waals surface area contributed by atoms with Crippen molar-refractivity contribution in [1.82, 2.24) is 4.90 Å². The van der Waals surface area contributed by atoms with E-state index in [-0.39, 0.29) is 11.9 Å². The highest BCUT2D eigenvalue weighted by Crippen LogP contribution is 2.48. The number of carbonyl (C=O) groups is 2. The van der Waals surface area contributed by atoms with E-state index in [0.29, 0.717) is 25.9 Å². The van der Waals surface area contributed by atoms with Crippen molar-refractivity contribution in [3.8, 4) is 0 Å². The summed E-state index contributed by atoms with van der Waals surface area (Å²) in [5.41, 5.74) is -0.833. The number of amides is 1. The fourth-order valence-corrected chi connectivity index (χ4v) is 1.64. The third-order valence-corrected chi connectivity index (χ3v) is 2.79. The van der Waals surface area contributed by atoms with Crippen molar-refractivity contribution < 1.29 is 14.3 Å². The molecule has 0 atom stereocenters. The predicted molar refractivity (Wildman–Crippen MR) is 51.6 cm³/mol. The molecule has 0 aromatic rings. The van der Waals surface area contributed by atoms with Gasteiger partial charge in [-0.25, -0.2) is 0 Å². The van der Waals surface area contributed by atoms with Crippen molar-refractivity contribution in [2.45, 2.75) is 26.7 Å². The quantitative estimate of drug-likeness (QED) is 0.497. The Balaban J connectivity index is 2.73. The van der Waals surface area contributed by atoms with Gasteiger partial charge in [0.1, 0.15) is 5.41 Å². The lowest BCUT2D eigenvalue weighted by Gasteiger charge is -2.23. The first-order valence-corrected chi connectivity index (χ1v) is 5.00. The average Bonchev–Trinajstić information content (AvgIpc) is 2.99. The van der Waals surface area contributed by atoms with E-state index in [1.54, 1.807) is 4.90 Å². The zero-order valence-electron chi connectivity index (χ0n) is 9.00. The van der Waals surface area contributed by atoms with E-state index in [9.17, 15) is 9.59 Å². The van der Waals surface area contributed by atoms with E-state index >= 15 is 0 Å². The number of esters is 1. The minimum atomic E-state index is -0.833. The molecule has 0 spiro atoms. The van der Waals surface area contributed by atoms with E-state index in [4.69, 9.17) is 0 Å². The average molecular weight is 199 g/mol. The normalized spacial score (nSPS) is 17.4. The van der Waals surface area contributed by atoms with Gasteiger partial charge in [-0.05, 0) is 26.7 Å². The smallest absolute Gasteiger partial charge is 0.321 e. The standard InChI is InChI=1S/C10H17NO3/c1-4-11(5-2)8(12)10(6-7-10)9(13)14-3/h4-7H2,1-3H3. The van der Waals surface area contributed by atoms with Crippen LogP contribution in [0, 0.1) is 5.41 Å². The van der Waals surface area contributed by atoms with E-state index in [1.807, 2.05) is 13.8 Å². The second-order valence-electron chi connectivity index (χ2n) is 3.55. The Bertz CT molecular complexity index is 242. The summed E-state index contributed by atoms with van der Waals surface area (Å²) >= 11 is 0. The van der Waals surface area contributed by atoms with Gasteiger partial charge in [0, 0.05) is 13.1 Å². The first-order valence-electron chi connectivity index (χ1n) is 5.00. The predicted octanol–water partition coefficient (Wildman–Crippen LogP) is 0.808. The lowest BCUT2D eigenvalue weighted by molar-refractivity contribution is -0.155. The molecule has 0 aliphatic heterocycles. The maximum atomic E-state index is 11.9. The summed E-state index contributed by atoms with van der Waals surface area (Å²) in [5.74, 6) is -0.455. The minimum Gasteiger partial charge on any atom is -0.468 e. The molecule has 80 valence electrons. The number of hydrogen-bond donors (Lipinski definition) is 0. The van der Waals surface area contributed by atoms with Gasteiger partial charge in [-0.1, -0.05) is 0 Å². The van der Waals surface area contributed by atoms with Crippen LogP contribution in [-0.4, -0.2) is 37.0 Å². The zero-order chi connectivity index (χ0) is 10.8. The molecule has 0 radical (unpaired) electrons. The molecule has 4 heteroatoms. The van der Waals surface area contributed by atoms with Crippen LogP contribution in [0.1, 0.15) is 26.7 Å². The third kappa shape index (κ3) is 1.61. The van der Waals surface area contributed by atoms with E-state index in [2.05, 4.69) is 4.74 Å². The Morgan fingerprint density at radius 1 is 1.29 bits per heavy atom. The molecule has 0 aromatic heterocycles. The van der Waals surface area contributed by atoms with E-state index in [0.717, 1.165) is 0 Å². The molecule has 0 aromatic carbocycles. The Kier molecular flexibility index (Phi) is 3.13. The van der Waals surface area contributed by atoms with Gasteiger partial charge in [0.2, 0.25) is 5.91 Å². The molecule has 0 N–H and O–H groups in total. The highest BCUT2D eigenvalue weighted by atomic mass is 16.5. The lowest BCUT2D eigenvalue weighted by atomic mass is 10.1. The van der Waals surface area contributed by atoms with Gasteiger partial charge >= 0.3 is 5.97 Å². The maximum Gasteiger partial charge on any atom is 0.321 e. The van der Waals surface area contributed by atoms with Gasteiger partial charge in [-0.15, -0.1) is 0 Å². The summed E-state index contributed by atoms with van der Waals surface area (Å²) in [5, 5.41) is 0. The van der Waals surface area contributed by atoms with Crippen LogP contribution in [0.4, 0.5) is 0 Å². The van der Waals surface area contributed by atoms with Crippen molar-refractivity contribution >= 4 is 11.9 Å². The summed E-state index contributed by atoms with van der Waals surface area (Å²) < 4.78 is 4.65. The molecule has 1 fully saturated rings. The summed E-state index contributed by atoms with van der Waals surface area (Å²) in [4.78, 5) is 25.0. The number of methoxy groups -OCH3 is 1. The van der Waals surface area contributed by atoms with Crippen molar-refractivity contribution in [3.63, 3.8) is 0 Å². The fourth-order valence-electron chi connectivity index (χ4n) is 1.64. The Labute approximate surface area is 84.2 Å². The van der Waals surface area contributed by atoms with Gasteiger partial charge in [0.25, 0.3) is 0 Å². The SMILES string of the molecule is CCN(CC)C(=O)C1(C(=O)OC)CC1. The summed E-state index contributed by atoms with van der Waals surface area (Å²) in [6, 6.07) is 0. The molecule has 1 aliphatic rings. The first kappa shape index (κ1) is 11.0. The topological polar surface area (TPSA) is 46.6 Å². The Hall–Kier alpha value is -1.06. The van der Waals surface area contributed by atoms with Gasteiger partial charge in [0.05, 0.1) is 7.11 Å². The van der Waals surface area contributed by atoms with Gasteiger partial charge in [-0.2, -0.15) is 0 Å². The lowest BCUT2D eigenvalue weighted by Crippen LogP contribution is -2.41. The van der Waals surface area contributed by atoms with Crippen LogP contribution < -0.4 is 0 Å². The van der Waals surface area contributed by atoms with Crippen molar-refractivity contribution in [2.75, 3.05) is 20.2 Å². The highest BCUT2D eigenvalue weighted by molar-refractivity contribution is 6.05. The highest BCUT2D eigenvalue weighted by Gasteiger charge is 2.58. The summed E-state index contributed by atoms with van der Waals surface area (Å²) in [7, 11) is 1.33. The van der Waals surface area contributed by atoms with Crippen molar-refractivity contribution in [2.24, 2.45) is 5.41 Å². The molecule has 1 rings (SSSR count). The maximum absolute atomic E-state index is 11.9. The van der Waals surface area contributed by atoms with E-state index < -0.39 is 5.41 Å². The fraction of sp³-hybridized carbons (Fsp3) is 0.800. The third-order valence-electron chi connectivity index (χ3n) is 2.79.